The van der Waals surface area contributed by atoms with E-state index in [0.717, 1.165) is 12.8 Å². The van der Waals surface area contributed by atoms with Crippen molar-refractivity contribution in [3.05, 3.63) is 192 Å². The van der Waals surface area contributed by atoms with Gasteiger partial charge in [0.1, 0.15) is 0 Å². The van der Waals surface area contributed by atoms with E-state index in [9.17, 15) is 0 Å². The van der Waals surface area contributed by atoms with Crippen molar-refractivity contribution in [1.82, 2.24) is 0 Å². The molecule has 0 spiro atoms. The first-order valence-electron chi connectivity index (χ1n) is 21.3. The Kier molecular flexibility index (Phi) is 7.70. The molecule has 62 heavy (non-hydrogen) atoms. The van der Waals surface area contributed by atoms with Gasteiger partial charge < -0.3 is 0 Å². The minimum atomic E-state index is 1.00. The van der Waals surface area contributed by atoms with Crippen LogP contribution in [0.2, 0.25) is 0 Å². The van der Waals surface area contributed by atoms with Crippen molar-refractivity contribution < 1.29 is 0 Å². The van der Waals surface area contributed by atoms with Crippen LogP contribution in [0.3, 0.4) is 0 Å². The molecule has 1 aliphatic rings. The van der Waals surface area contributed by atoms with Gasteiger partial charge in [-0.1, -0.05) is 109 Å². The second-order valence-electron chi connectivity index (χ2n) is 16.7. The van der Waals surface area contributed by atoms with E-state index in [2.05, 4.69) is 182 Å². The molecule has 14 rings (SSSR count). The Balaban J connectivity index is 1.13. The standard InChI is InChI=1S/C58H34S4/c1-5-13-49-33(9-1)29-53(59-49)37-17-21-41-42-22-18-39(55-31-35-11-3-7-15-51(35)61-55)27-47(42)58-48-28-40(56-32-36-12-4-8-16-52(36)62-56)20-24-44(48)43-23-19-38(26-46(43)57(58)45(41)25-37)54-30-34-10-2-6-14-50(34)60-54/h1-19,21-23,25-32H,20,24H2. The van der Waals surface area contributed by atoms with E-state index >= 15 is 0 Å². The van der Waals surface area contributed by atoms with Gasteiger partial charge in [0.25, 0.3) is 0 Å². The monoisotopic (exact) mass is 858 g/mol. The summed E-state index contributed by atoms with van der Waals surface area (Å²) in [5, 5.41) is 16.0. The molecule has 0 radical (unpaired) electrons. The number of fused-ring (bicyclic) bond motifs is 15. The summed E-state index contributed by atoms with van der Waals surface area (Å²) in [6.07, 6.45) is 4.60. The first-order valence-corrected chi connectivity index (χ1v) is 24.5. The molecule has 0 amide bonds. The second-order valence-corrected chi connectivity index (χ2v) is 21.0. The average Bonchev–Trinajstić information content (AvgIpc) is 4.15. The van der Waals surface area contributed by atoms with Crippen LogP contribution in [-0.2, 0) is 6.42 Å². The highest BCUT2D eigenvalue weighted by molar-refractivity contribution is 7.23. The van der Waals surface area contributed by atoms with Gasteiger partial charge in [-0.05, 0) is 184 Å². The number of thiophene rings is 4. The zero-order valence-corrected chi connectivity index (χ0v) is 36.6. The Hall–Kier alpha value is -6.40. The van der Waals surface area contributed by atoms with E-state index in [1.165, 1.54) is 136 Å². The zero-order chi connectivity index (χ0) is 40.5. The molecule has 0 N–H and O–H groups in total. The normalized spacial score (nSPS) is 13.1. The molecule has 0 nitrogen and oxygen atoms in total. The molecule has 4 heteroatoms. The van der Waals surface area contributed by atoms with Gasteiger partial charge in [0.2, 0.25) is 0 Å². The minimum Gasteiger partial charge on any atom is -0.136 e. The predicted molar refractivity (Wildman–Crippen MR) is 277 cm³/mol. The number of benzene rings is 9. The smallest absolute Gasteiger partial charge is 0.0355 e. The second kappa shape index (κ2) is 13.5. The van der Waals surface area contributed by atoms with Crippen LogP contribution in [0, 0.1) is 0 Å². The highest BCUT2D eigenvalue weighted by atomic mass is 32.1. The van der Waals surface area contributed by atoms with Crippen LogP contribution in [-0.4, -0.2) is 0 Å². The lowest BCUT2D eigenvalue weighted by molar-refractivity contribution is 1.02. The van der Waals surface area contributed by atoms with E-state index < -0.39 is 0 Å². The number of hydrogen-bond donors (Lipinski definition) is 0. The van der Waals surface area contributed by atoms with Crippen LogP contribution in [0.15, 0.2) is 176 Å². The lowest BCUT2D eigenvalue weighted by Crippen LogP contribution is -2.02. The molecule has 0 unspecified atom stereocenters. The highest BCUT2D eigenvalue weighted by Gasteiger charge is 2.24. The van der Waals surface area contributed by atoms with Crippen molar-refractivity contribution in [2.45, 2.75) is 12.8 Å². The minimum absolute atomic E-state index is 1.00. The highest BCUT2D eigenvalue weighted by Crippen LogP contribution is 2.50. The molecular weight excluding hydrogens is 825 g/mol. The Morgan fingerprint density at radius 1 is 0.306 bits per heavy atom. The van der Waals surface area contributed by atoms with Crippen molar-refractivity contribution in [1.29, 1.82) is 0 Å². The van der Waals surface area contributed by atoms with E-state index in [-0.39, 0.29) is 0 Å². The molecule has 1 aliphatic carbocycles. The molecule has 290 valence electrons. The van der Waals surface area contributed by atoms with Crippen LogP contribution in [0.5, 0.6) is 0 Å². The van der Waals surface area contributed by atoms with Crippen molar-refractivity contribution in [2.24, 2.45) is 0 Å². The molecular formula is C58H34S4. The van der Waals surface area contributed by atoms with E-state index in [4.69, 9.17) is 0 Å². The Labute approximate surface area is 373 Å². The third-order valence-corrected chi connectivity index (χ3v) is 17.8. The fraction of sp³-hybridized carbons (Fsp3) is 0.0345. The largest absolute Gasteiger partial charge is 0.136 e. The third kappa shape index (κ3) is 5.41. The fourth-order valence-electron chi connectivity index (χ4n) is 10.2. The Bertz CT molecular complexity index is 3920. The zero-order valence-electron chi connectivity index (χ0n) is 33.4. The number of allylic oxidation sites excluding steroid dienone is 1. The van der Waals surface area contributed by atoms with Crippen molar-refractivity contribution in [2.75, 3.05) is 0 Å². The predicted octanol–water partition coefficient (Wildman–Crippen LogP) is 18.6. The summed E-state index contributed by atoms with van der Waals surface area (Å²) >= 11 is 7.61. The molecule has 0 saturated heterocycles. The summed E-state index contributed by atoms with van der Waals surface area (Å²) < 4.78 is 5.33. The van der Waals surface area contributed by atoms with Crippen LogP contribution >= 0.6 is 45.3 Å². The van der Waals surface area contributed by atoms with Crippen LogP contribution in [0.1, 0.15) is 22.4 Å². The molecule has 0 bridgehead atoms. The van der Waals surface area contributed by atoms with Gasteiger partial charge in [-0.15, -0.1) is 45.3 Å². The molecule has 0 atom stereocenters. The first kappa shape index (κ1) is 35.2. The third-order valence-electron chi connectivity index (χ3n) is 13.2. The van der Waals surface area contributed by atoms with Crippen molar-refractivity contribution >= 4 is 140 Å². The Morgan fingerprint density at radius 2 is 0.694 bits per heavy atom. The molecule has 13 aromatic rings. The SMILES string of the molecule is C1=C(c2cc3ccccc3s2)CCc2c1c1c3cc(-c4cc5ccccc5s4)ccc3c3ccc(-c4cc5ccccc5s4)cc3c1c1cc(-c3cc4ccccc4s3)ccc21. The maximum atomic E-state index is 2.58. The van der Waals surface area contributed by atoms with Gasteiger partial charge in [0.05, 0.1) is 0 Å². The summed E-state index contributed by atoms with van der Waals surface area (Å²) in [5.41, 5.74) is 8.12. The molecule has 9 aromatic carbocycles. The summed E-state index contributed by atoms with van der Waals surface area (Å²) in [4.78, 5) is 5.31. The van der Waals surface area contributed by atoms with Crippen molar-refractivity contribution in [3.8, 4) is 31.3 Å². The van der Waals surface area contributed by atoms with Gasteiger partial charge in [0, 0.05) is 38.3 Å². The maximum absolute atomic E-state index is 2.58. The molecule has 0 aliphatic heterocycles. The number of hydrogen-bond acceptors (Lipinski definition) is 4. The van der Waals surface area contributed by atoms with Gasteiger partial charge in [-0.3, -0.25) is 0 Å². The lowest BCUT2D eigenvalue weighted by Gasteiger charge is -2.24. The summed E-state index contributed by atoms with van der Waals surface area (Å²) in [5.74, 6) is 0. The molecule has 0 saturated carbocycles. The van der Waals surface area contributed by atoms with Crippen molar-refractivity contribution in [3.63, 3.8) is 0 Å². The quantitative estimate of drug-likeness (QED) is 0.155. The lowest BCUT2D eigenvalue weighted by atomic mass is 9.80. The maximum Gasteiger partial charge on any atom is 0.0355 e. The van der Waals surface area contributed by atoms with Gasteiger partial charge >= 0.3 is 0 Å². The van der Waals surface area contributed by atoms with E-state index in [1.54, 1.807) is 0 Å². The van der Waals surface area contributed by atoms with Gasteiger partial charge in [0.15, 0.2) is 0 Å². The van der Waals surface area contributed by atoms with Crippen LogP contribution < -0.4 is 0 Å². The number of rotatable bonds is 4. The van der Waals surface area contributed by atoms with Gasteiger partial charge in [-0.2, -0.15) is 0 Å². The van der Waals surface area contributed by atoms with E-state index in [0.29, 0.717) is 0 Å². The van der Waals surface area contributed by atoms with Crippen LogP contribution in [0.4, 0.5) is 0 Å². The average molecular weight is 859 g/mol. The molecule has 4 heterocycles. The van der Waals surface area contributed by atoms with Crippen LogP contribution in [0.25, 0.3) is 126 Å². The summed E-state index contributed by atoms with van der Waals surface area (Å²) in [6.45, 7) is 0. The first-order chi connectivity index (χ1) is 30.7. The summed E-state index contributed by atoms with van der Waals surface area (Å²) in [7, 11) is 0. The van der Waals surface area contributed by atoms with Gasteiger partial charge in [-0.25, -0.2) is 0 Å². The Morgan fingerprint density at radius 3 is 1.16 bits per heavy atom. The topological polar surface area (TPSA) is 0 Å². The van der Waals surface area contributed by atoms with E-state index in [1.807, 2.05) is 45.3 Å². The summed E-state index contributed by atoms with van der Waals surface area (Å²) in [6, 6.07) is 66.7. The molecule has 0 fully saturated rings. The number of aryl methyl sites for hydroxylation is 1. The molecule has 4 aromatic heterocycles. The fourth-order valence-corrected chi connectivity index (χ4v) is 14.5.